The largest absolute Gasteiger partial charge is 0.457 e. The minimum atomic E-state index is -0.364. The van der Waals surface area contributed by atoms with Gasteiger partial charge in [-0.05, 0) is 35.5 Å². The van der Waals surface area contributed by atoms with E-state index in [4.69, 9.17) is 4.74 Å². The lowest BCUT2D eigenvalue weighted by atomic mass is 9.86. The maximum absolute atomic E-state index is 12.4. The summed E-state index contributed by atoms with van der Waals surface area (Å²) in [6.07, 6.45) is 4.44. The Morgan fingerprint density at radius 3 is 2.19 bits per heavy atom. The van der Waals surface area contributed by atoms with Crippen LogP contribution in [0.5, 0.6) is 0 Å². The summed E-state index contributed by atoms with van der Waals surface area (Å²) in [5, 5.41) is 0. The first kappa shape index (κ1) is 23.5. The molecular weight excluding hydrogens is 402 g/mol. The summed E-state index contributed by atoms with van der Waals surface area (Å²) in [5.74, 6) is -0.920. The first-order valence-electron chi connectivity index (χ1n) is 11.1. The SMILES string of the molecule is CC(C)(C)c1ccc(C(=O)COC(=O)C2CCN(C(=O)/C=C/c3ccccc3)CC2)cc1. The van der Waals surface area contributed by atoms with Gasteiger partial charge in [-0.25, -0.2) is 0 Å². The first-order valence-corrected chi connectivity index (χ1v) is 11.1. The van der Waals surface area contributed by atoms with Crippen LogP contribution in [-0.2, 0) is 19.7 Å². The molecule has 32 heavy (non-hydrogen) atoms. The maximum atomic E-state index is 12.4. The molecule has 1 amide bonds. The van der Waals surface area contributed by atoms with Crippen molar-refractivity contribution in [2.24, 2.45) is 5.92 Å². The molecule has 0 N–H and O–H groups in total. The third kappa shape index (κ3) is 6.39. The summed E-state index contributed by atoms with van der Waals surface area (Å²) in [6, 6.07) is 17.1. The highest BCUT2D eigenvalue weighted by atomic mass is 16.5. The molecule has 0 bridgehead atoms. The van der Waals surface area contributed by atoms with Crippen LogP contribution in [0.25, 0.3) is 6.08 Å². The van der Waals surface area contributed by atoms with E-state index in [0.717, 1.165) is 11.1 Å². The Morgan fingerprint density at radius 2 is 1.59 bits per heavy atom. The molecule has 168 valence electrons. The minimum absolute atomic E-state index is 0.0155. The zero-order chi connectivity index (χ0) is 23.1. The van der Waals surface area contributed by atoms with Gasteiger partial charge in [0.05, 0.1) is 5.92 Å². The summed E-state index contributed by atoms with van der Waals surface area (Å²) < 4.78 is 5.29. The van der Waals surface area contributed by atoms with E-state index >= 15 is 0 Å². The molecular formula is C27H31NO4. The normalized spacial score (nSPS) is 15.0. The summed E-state index contributed by atoms with van der Waals surface area (Å²) in [4.78, 5) is 38.9. The Kier molecular flexibility index (Phi) is 7.62. The van der Waals surface area contributed by atoms with Crippen molar-refractivity contribution in [3.8, 4) is 0 Å². The lowest BCUT2D eigenvalue weighted by molar-refractivity contribution is -0.150. The average Bonchev–Trinajstić information content (AvgIpc) is 2.81. The van der Waals surface area contributed by atoms with Crippen molar-refractivity contribution < 1.29 is 19.1 Å². The second-order valence-corrected chi connectivity index (χ2v) is 9.20. The number of benzene rings is 2. The van der Waals surface area contributed by atoms with Crippen LogP contribution in [0, 0.1) is 5.92 Å². The molecule has 0 radical (unpaired) electrons. The standard InChI is InChI=1S/C27H31NO4/c1-27(2,3)23-12-10-21(11-13-23)24(29)19-32-26(31)22-15-17-28(18-16-22)25(30)14-9-20-7-5-4-6-8-20/h4-14,22H,15-19H2,1-3H3/b14-9+. The monoisotopic (exact) mass is 433 g/mol. The number of rotatable bonds is 6. The Bertz CT molecular complexity index is 963. The molecule has 0 atom stereocenters. The van der Waals surface area contributed by atoms with Crippen LogP contribution in [0.15, 0.2) is 60.7 Å². The highest BCUT2D eigenvalue weighted by molar-refractivity contribution is 5.98. The Hall–Kier alpha value is -3.21. The number of ether oxygens (including phenoxy) is 1. The second kappa shape index (κ2) is 10.4. The molecule has 5 nitrogen and oxygen atoms in total. The van der Waals surface area contributed by atoms with Crippen LogP contribution in [0.3, 0.4) is 0 Å². The highest BCUT2D eigenvalue weighted by Gasteiger charge is 2.28. The van der Waals surface area contributed by atoms with E-state index in [1.807, 2.05) is 42.5 Å². The van der Waals surface area contributed by atoms with Crippen molar-refractivity contribution in [3.05, 3.63) is 77.4 Å². The number of piperidine rings is 1. The van der Waals surface area contributed by atoms with Crippen molar-refractivity contribution in [3.63, 3.8) is 0 Å². The van der Waals surface area contributed by atoms with Gasteiger partial charge in [-0.3, -0.25) is 14.4 Å². The zero-order valence-corrected chi connectivity index (χ0v) is 19.0. The van der Waals surface area contributed by atoms with Crippen molar-refractivity contribution in [2.75, 3.05) is 19.7 Å². The summed E-state index contributed by atoms with van der Waals surface area (Å²) in [6.45, 7) is 7.09. The molecule has 1 fully saturated rings. The third-order valence-electron chi connectivity index (χ3n) is 5.78. The van der Waals surface area contributed by atoms with E-state index in [1.165, 1.54) is 0 Å². The summed E-state index contributed by atoms with van der Waals surface area (Å²) in [7, 11) is 0. The highest BCUT2D eigenvalue weighted by Crippen LogP contribution is 2.23. The molecule has 2 aromatic carbocycles. The quantitative estimate of drug-likeness (QED) is 0.378. The molecule has 2 aromatic rings. The number of carbonyl (C=O) groups excluding carboxylic acids is 3. The molecule has 0 unspecified atom stereocenters. The van der Waals surface area contributed by atoms with Crippen LogP contribution in [0.4, 0.5) is 0 Å². The molecule has 1 aliphatic rings. The summed E-state index contributed by atoms with van der Waals surface area (Å²) in [5.41, 5.74) is 2.67. The fourth-order valence-corrected chi connectivity index (χ4v) is 3.67. The van der Waals surface area contributed by atoms with E-state index in [9.17, 15) is 14.4 Å². The van der Waals surface area contributed by atoms with E-state index in [1.54, 1.807) is 29.2 Å². The molecule has 0 saturated carbocycles. The molecule has 1 heterocycles. The predicted octanol–water partition coefficient (Wildman–Crippen LogP) is 4.66. The van der Waals surface area contributed by atoms with Crippen molar-refractivity contribution >= 4 is 23.7 Å². The van der Waals surface area contributed by atoms with Gasteiger partial charge in [0.15, 0.2) is 12.4 Å². The minimum Gasteiger partial charge on any atom is -0.457 e. The number of esters is 1. The maximum Gasteiger partial charge on any atom is 0.309 e. The van der Waals surface area contributed by atoms with Crippen LogP contribution in [0.2, 0.25) is 0 Å². The van der Waals surface area contributed by atoms with Crippen molar-refractivity contribution in [1.29, 1.82) is 0 Å². The van der Waals surface area contributed by atoms with E-state index in [2.05, 4.69) is 20.8 Å². The van der Waals surface area contributed by atoms with Gasteiger partial charge < -0.3 is 9.64 Å². The topological polar surface area (TPSA) is 63.7 Å². The van der Waals surface area contributed by atoms with Gasteiger partial charge in [0.2, 0.25) is 5.91 Å². The number of Topliss-reactive ketones (excluding diaryl/α,β-unsaturated/α-hetero) is 1. The van der Waals surface area contributed by atoms with Gasteiger partial charge in [-0.1, -0.05) is 75.4 Å². The average molecular weight is 434 g/mol. The third-order valence-corrected chi connectivity index (χ3v) is 5.78. The number of hydrogen-bond acceptors (Lipinski definition) is 4. The van der Waals surface area contributed by atoms with Gasteiger partial charge in [-0.2, -0.15) is 0 Å². The number of carbonyl (C=O) groups is 3. The lowest BCUT2D eigenvalue weighted by Gasteiger charge is -2.30. The van der Waals surface area contributed by atoms with Gasteiger partial charge in [0, 0.05) is 24.7 Å². The number of likely N-dealkylation sites (tertiary alicyclic amines) is 1. The van der Waals surface area contributed by atoms with E-state index in [-0.39, 0.29) is 35.6 Å². The Morgan fingerprint density at radius 1 is 0.969 bits per heavy atom. The van der Waals surface area contributed by atoms with Crippen molar-refractivity contribution in [2.45, 2.75) is 39.0 Å². The fourth-order valence-electron chi connectivity index (χ4n) is 3.67. The van der Waals surface area contributed by atoms with Crippen LogP contribution in [0.1, 0.15) is 55.1 Å². The predicted molar refractivity (Wildman–Crippen MR) is 125 cm³/mol. The molecule has 5 heteroatoms. The molecule has 3 rings (SSSR count). The van der Waals surface area contributed by atoms with Gasteiger partial charge in [0.1, 0.15) is 0 Å². The molecule has 1 saturated heterocycles. The molecule has 1 aliphatic heterocycles. The van der Waals surface area contributed by atoms with Gasteiger partial charge in [0.25, 0.3) is 0 Å². The number of hydrogen-bond donors (Lipinski definition) is 0. The summed E-state index contributed by atoms with van der Waals surface area (Å²) >= 11 is 0. The number of nitrogens with zero attached hydrogens (tertiary/aromatic N) is 1. The first-order chi connectivity index (χ1) is 15.2. The number of ketones is 1. The van der Waals surface area contributed by atoms with Crippen LogP contribution >= 0.6 is 0 Å². The van der Waals surface area contributed by atoms with Gasteiger partial charge in [-0.15, -0.1) is 0 Å². The molecule has 0 aliphatic carbocycles. The fraction of sp³-hybridized carbons (Fsp3) is 0.370. The van der Waals surface area contributed by atoms with Crippen molar-refractivity contribution in [1.82, 2.24) is 4.90 Å². The van der Waals surface area contributed by atoms with E-state index < -0.39 is 0 Å². The van der Waals surface area contributed by atoms with E-state index in [0.29, 0.717) is 31.5 Å². The Labute approximate surface area is 190 Å². The van der Waals surface area contributed by atoms with Gasteiger partial charge >= 0.3 is 5.97 Å². The lowest BCUT2D eigenvalue weighted by Crippen LogP contribution is -2.40. The zero-order valence-electron chi connectivity index (χ0n) is 19.0. The van der Waals surface area contributed by atoms with Crippen LogP contribution < -0.4 is 0 Å². The molecule has 0 spiro atoms. The van der Waals surface area contributed by atoms with Crippen LogP contribution in [-0.4, -0.2) is 42.3 Å². The smallest absolute Gasteiger partial charge is 0.309 e. The molecule has 0 aromatic heterocycles. The number of amides is 1. The Balaban J connectivity index is 1.43. The second-order valence-electron chi connectivity index (χ2n) is 9.20.